The van der Waals surface area contributed by atoms with Crippen molar-refractivity contribution >= 4 is 17.8 Å². The second-order valence-electron chi connectivity index (χ2n) is 8.86. The van der Waals surface area contributed by atoms with Crippen LogP contribution in [0.2, 0.25) is 0 Å². The molecular weight excluding hydrogens is 412 g/mol. The van der Waals surface area contributed by atoms with Gasteiger partial charge in [-0.1, -0.05) is 96.1 Å². The van der Waals surface area contributed by atoms with Gasteiger partial charge < -0.3 is 9.47 Å². The Morgan fingerprint density at radius 2 is 1.36 bits per heavy atom. The quantitative estimate of drug-likeness (QED) is 0.0696. The lowest BCUT2D eigenvalue weighted by molar-refractivity contribution is -0.139. The fourth-order valence-electron chi connectivity index (χ4n) is 4.14. The van der Waals surface area contributed by atoms with Crippen LogP contribution in [0.25, 0.3) is 6.08 Å². The summed E-state index contributed by atoms with van der Waals surface area (Å²) in [4.78, 5) is 24.3. The Labute approximate surface area is 202 Å². The molecule has 0 aromatic heterocycles. The van der Waals surface area contributed by atoms with Crippen LogP contribution >= 0.6 is 0 Å². The van der Waals surface area contributed by atoms with Gasteiger partial charge in [0.05, 0.1) is 13.7 Å². The maximum absolute atomic E-state index is 12.2. The van der Waals surface area contributed by atoms with Crippen molar-refractivity contribution in [2.24, 2.45) is 0 Å². The molecule has 0 heterocycles. The molecule has 1 rings (SSSR count). The molecule has 0 N–H and O–H groups in total. The fourth-order valence-corrected chi connectivity index (χ4v) is 4.14. The highest BCUT2D eigenvalue weighted by atomic mass is 16.5. The van der Waals surface area contributed by atoms with Gasteiger partial charge in [0.25, 0.3) is 0 Å². The van der Waals surface area contributed by atoms with Crippen LogP contribution in [0.3, 0.4) is 0 Å². The van der Waals surface area contributed by atoms with Gasteiger partial charge in [0, 0.05) is 5.56 Å². The van der Waals surface area contributed by atoms with E-state index in [0.717, 1.165) is 24.0 Å². The van der Waals surface area contributed by atoms with Crippen molar-refractivity contribution in [1.29, 1.82) is 0 Å². The zero-order chi connectivity index (χ0) is 24.3. The van der Waals surface area contributed by atoms with Crippen molar-refractivity contribution in [2.45, 2.75) is 111 Å². The Hall–Kier alpha value is -2.10. The predicted octanol–water partition coefficient (Wildman–Crippen LogP) is 7.86. The number of hydrogen-bond acceptors (Lipinski definition) is 4. The molecule has 0 unspecified atom stereocenters. The molecule has 0 aliphatic heterocycles. The molecule has 0 aliphatic rings. The Bertz CT molecular complexity index is 720. The number of benzene rings is 1. The predicted molar refractivity (Wildman–Crippen MR) is 138 cm³/mol. The van der Waals surface area contributed by atoms with Gasteiger partial charge in [-0.25, -0.2) is 4.79 Å². The highest BCUT2D eigenvalue weighted by molar-refractivity contribution is 6.20. The van der Waals surface area contributed by atoms with Gasteiger partial charge in [-0.15, -0.1) is 0 Å². The Kier molecular flexibility index (Phi) is 16.1. The number of Topliss-reactive ketones (excluding diaryl/α,β-unsaturated/α-hetero) is 1. The number of aryl methyl sites for hydroxylation is 1. The second-order valence-corrected chi connectivity index (χ2v) is 8.86. The van der Waals surface area contributed by atoms with Gasteiger partial charge in [-0.2, -0.15) is 0 Å². The number of ether oxygens (including phenoxy) is 2. The lowest BCUT2D eigenvalue weighted by Gasteiger charge is -2.12. The van der Waals surface area contributed by atoms with E-state index in [2.05, 4.69) is 13.0 Å². The van der Waals surface area contributed by atoms with Crippen LogP contribution in [0.15, 0.2) is 23.8 Å². The fraction of sp³-hybridized carbons (Fsp3) is 0.655. The minimum Gasteiger partial charge on any atom is -0.496 e. The van der Waals surface area contributed by atoms with Crippen molar-refractivity contribution in [3.63, 3.8) is 0 Å². The van der Waals surface area contributed by atoms with Gasteiger partial charge in [-0.3, -0.25) is 4.79 Å². The molecule has 4 nitrogen and oxygen atoms in total. The van der Waals surface area contributed by atoms with Gasteiger partial charge >= 0.3 is 5.97 Å². The summed E-state index contributed by atoms with van der Waals surface area (Å²) in [6, 6.07) is 5.88. The Morgan fingerprint density at radius 1 is 0.818 bits per heavy atom. The van der Waals surface area contributed by atoms with E-state index in [1.54, 1.807) is 20.1 Å². The summed E-state index contributed by atoms with van der Waals surface area (Å²) < 4.78 is 10.6. The van der Waals surface area contributed by atoms with Crippen molar-refractivity contribution in [2.75, 3.05) is 13.7 Å². The molecule has 0 aliphatic carbocycles. The third-order valence-corrected chi connectivity index (χ3v) is 6.09. The van der Waals surface area contributed by atoms with Crippen molar-refractivity contribution in [1.82, 2.24) is 0 Å². The van der Waals surface area contributed by atoms with Crippen LogP contribution in [0.1, 0.15) is 115 Å². The van der Waals surface area contributed by atoms with E-state index in [1.807, 2.05) is 12.1 Å². The number of rotatable bonds is 19. The summed E-state index contributed by atoms with van der Waals surface area (Å²) in [6.07, 6.45) is 19.8. The molecule has 1 aromatic rings. The third-order valence-electron chi connectivity index (χ3n) is 6.09. The smallest absolute Gasteiger partial charge is 0.341 e. The number of carbonyl (C=O) groups is 2. The summed E-state index contributed by atoms with van der Waals surface area (Å²) in [6.45, 7) is 5.63. The van der Waals surface area contributed by atoms with Crippen molar-refractivity contribution in [3.8, 4) is 5.75 Å². The SMILES string of the molecule is CCCCCCCCCCCCCCCc1cccc(OC)c1C=C(C(C)=O)C(=O)OCC. The van der Waals surface area contributed by atoms with Crippen LogP contribution < -0.4 is 4.74 Å². The highest BCUT2D eigenvalue weighted by Crippen LogP contribution is 2.27. The molecule has 0 amide bonds. The standard InChI is InChI=1S/C29H46O4/c1-5-7-8-9-10-11-12-13-14-15-16-17-18-20-25-21-19-22-28(32-4)27(25)23-26(24(3)30)29(31)33-6-2/h19,21-23H,5-18,20H2,1-4H3. The zero-order valence-electron chi connectivity index (χ0n) is 21.5. The van der Waals surface area contributed by atoms with E-state index in [0.29, 0.717) is 5.75 Å². The average molecular weight is 459 g/mol. The molecule has 0 atom stereocenters. The topological polar surface area (TPSA) is 52.6 Å². The molecule has 0 saturated carbocycles. The largest absolute Gasteiger partial charge is 0.496 e. The summed E-state index contributed by atoms with van der Waals surface area (Å²) in [7, 11) is 1.61. The molecule has 0 fully saturated rings. The van der Waals surface area contributed by atoms with Gasteiger partial charge in [0.15, 0.2) is 5.78 Å². The van der Waals surface area contributed by atoms with Crippen molar-refractivity contribution < 1.29 is 19.1 Å². The molecule has 0 bridgehead atoms. The number of unbranched alkanes of at least 4 members (excludes halogenated alkanes) is 12. The summed E-state index contributed by atoms with van der Waals surface area (Å²) in [5, 5.41) is 0. The molecule has 33 heavy (non-hydrogen) atoms. The summed E-state index contributed by atoms with van der Waals surface area (Å²) in [5.74, 6) is -0.209. The van der Waals surface area contributed by atoms with E-state index in [4.69, 9.17) is 9.47 Å². The zero-order valence-corrected chi connectivity index (χ0v) is 21.5. The lowest BCUT2D eigenvalue weighted by Crippen LogP contribution is -2.13. The molecule has 4 heteroatoms. The first-order valence-corrected chi connectivity index (χ1v) is 13.1. The van der Waals surface area contributed by atoms with Crippen LogP contribution in [0, 0.1) is 0 Å². The van der Waals surface area contributed by atoms with Crippen LogP contribution in [0.4, 0.5) is 0 Å². The summed E-state index contributed by atoms with van der Waals surface area (Å²) in [5.41, 5.74) is 1.96. The minimum atomic E-state index is -0.581. The van der Waals surface area contributed by atoms with Crippen LogP contribution in [0.5, 0.6) is 5.75 Å². The lowest BCUT2D eigenvalue weighted by atomic mass is 9.97. The van der Waals surface area contributed by atoms with E-state index < -0.39 is 5.97 Å². The van der Waals surface area contributed by atoms with E-state index in [9.17, 15) is 9.59 Å². The molecular formula is C29H46O4. The van der Waals surface area contributed by atoms with Gasteiger partial charge in [0.1, 0.15) is 11.3 Å². The monoisotopic (exact) mass is 458 g/mol. The first-order valence-electron chi connectivity index (χ1n) is 13.1. The molecule has 0 saturated heterocycles. The highest BCUT2D eigenvalue weighted by Gasteiger charge is 2.18. The first kappa shape index (κ1) is 28.9. The summed E-state index contributed by atoms with van der Waals surface area (Å²) >= 11 is 0. The number of methoxy groups -OCH3 is 1. The maximum Gasteiger partial charge on any atom is 0.341 e. The van der Waals surface area contributed by atoms with E-state index in [1.165, 1.54) is 84.0 Å². The van der Waals surface area contributed by atoms with Gasteiger partial charge in [-0.05, 0) is 44.4 Å². The normalized spacial score (nSPS) is 11.5. The number of carbonyl (C=O) groups excluding carboxylic acids is 2. The molecule has 186 valence electrons. The molecule has 0 radical (unpaired) electrons. The number of ketones is 1. The Balaban J connectivity index is 2.48. The van der Waals surface area contributed by atoms with Crippen molar-refractivity contribution in [3.05, 3.63) is 34.9 Å². The second kappa shape index (κ2) is 18.3. The number of esters is 1. The maximum atomic E-state index is 12.2. The average Bonchev–Trinajstić information content (AvgIpc) is 2.80. The Morgan fingerprint density at radius 3 is 1.85 bits per heavy atom. The first-order chi connectivity index (χ1) is 16.0. The molecule has 0 spiro atoms. The third kappa shape index (κ3) is 12.1. The van der Waals surface area contributed by atoms with E-state index >= 15 is 0 Å². The molecule has 1 aromatic carbocycles. The van der Waals surface area contributed by atoms with E-state index in [-0.39, 0.29) is 18.0 Å². The number of hydrogen-bond donors (Lipinski definition) is 0. The van der Waals surface area contributed by atoms with Gasteiger partial charge in [0.2, 0.25) is 0 Å². The van der Waals surface area contributed by atoms with Crippen LogP contribution in [-0.4, -0.2) is 25.5 Å². The van der Waals surface area contributed by atoms with Crippen LogP contribution in [-0.2, 0) is 20.7 Å². The minimum absolute atomic E-state index is 0.0629.